The summed E-state index contributed by atoms with van der Waals surface area (Å²) in [5.74, 6) is -0.558. The topological polar surface area (TPSA) is 62.6 Å². The van der Waals surface area contributed by atoms with Gasteiger partial charge >= 0.3 is 6.18 Å². The Morgan fingerprint density at radius 2 is 1.67 bits per heavy atom. The van der Waals surface area contributed by atoms with Gasteiger partial charge in [-0.2, -0.15) is 13.2 Å². The number of imidazole rings is 1. The van der Waals surface area contributed by atoms with Crippen molar-refractivity contribution in [1.29, 1.82) is 0 Å². The SMILES string of the molecule is O=C(Nc1cc(C(F)(F)F)ccc1-n1ccnc1P(=S)(N1CCCCC1)N1CCOCC1)c1ccc(Cl)cc1. The highest BCUT2D eigenvalue weighted by Crippen LogP contribution is 2.54. The van der Waals surface area contributed by atoms with E-state index in [1.807, 2.05) is 0 Å². The van der Waals surface area contributed by atoms with Gasteiger partial charge in [-0.05, 0) is 55.3 Å². The molecular formula is C26H28ClF3N5O2PS. The number of hydrogen-bond donors (Lipinski definition) is 1. The Kier molecular flexibility index (Phi) is 8.47. The minimum Gasteiger partial charge on any atom is -0.379 e. The molecular weight excluding hydrogens is 570 g/mol. The van der Waals surface area contributed by atoms with E-state index in [-0.39, 0.29) is 11.3 Å². The van der Waals surface area contributed by atoms with E-state index in [0.29, 0.717) is 42.6 Å². The maximum absolute atomic E-state index is 13.7. The molecule has 1 amide bonds. The highest BCUT2D eigenvalue weighted by molar-refractivity contribution is 8.15. The molecule has 13 heteroatoms. The quantitative estimate of drug-likeness (QED) is 0.376. The second kappa shape index (κ2) is 11.7. The third-order valence-corrected chi connectivity index (χ3v) is 12.2. The van der Waals surface area contributed by atoms with Crippen LogP contribution < -0.4 is 10.9 Å². The number of rotatable bonds is 6. The first kappa shape index (κ1) is 28.3. The molecule has 3 aromatic rings. The van der Waals surface area contributed by atoms with Crippen molar-refractivity contribution in [1.82, 2.24) is 18.9 Å². The van der Waals surface area contributed by atoms with Crippen LogP contribution in [0.25, 0.3) is 5.69 Å². The van der Waals surface area contributed by atoms with Crippen molar-refractivity contribution in [2.24, 2.45) is 0 Å². The Morgan fingerprint density at radius 1 is 1.00 bits per heavy atom. The summed E-state index contributed by atoms with van der Waals surface area (Å²) in [6.07, 6.45) is -0.730. The van der Waals surface area contributed by atoms with Crippen LogP contribution in [0.3, 0.4) is 0 Å². The third kappa shape index (κ3) is 5.94. The van der Waals surface area contributed by atoms with E-state index in [4.69, 9.17) is 33.1 Å². The van der Waals surface area contributed by atoms with Crippen molar-refractivity contribution in [3.05, 3.63) is 71.0 Å². The lowest BCUT2D eigenvalue weighted by Gasteiger charge is -2.45. The number of amides is 1. The first-order chi connectivity index (χ1) is 18.7. The first-order valence-corrected chi connectivity index (χ1v) is 15.8. The minimum atomic E-state index is -4.59. The zero-order chi connectivity index (χ0) is 27.6. The molecule has 2 fully saturated rings. The van der Waals surface area contributed by atoms with Crippen LogP contribution in [-0.4, -0.2) is 64.2 Å². The molecule has 2 aliphatic heterocycles. The normalized spacial score (nSPS) is 19.0. The molecule has 1 N–H and O–H groups in total. The van der Waals surface area contributed by atoms with Crippen LogP contribution in [0.4, 0.5) is 18.9 Å². The Hall–Kier alpha value is -2.27. The van der Waals surface area contributed by atoms with Gasteiger partial charge in [0.1, 0.15) is 6.34 Å². The number of nitrogens with one attached hydrogen (secondary N) is 1. The molecule has 2 saturated heterocycles. The maximum Gasteiger partial charge on any atom is 0.416 e. The largest absolute Gasteiger partial charge is 0.416 e. The lowest BCUT2D eigenvalue weighted by Crippen LogP contribution is -2.46. The average molecular weight is 598 g/mol. The monoisotopic (exact) mass is 597 g/mol. The number of nitrogens with zero attached hydrogens (tertiary/aromatic N) is 4. The number of ether oxygens (including phenoxy) is 1. The van der Waals surface area contributed by atoms with Gasteiger partial charge in [0.05, 0.1) is 30.2 Å². The van der Waals surface area contributed by atoms with Gasteiger partial charge in [-0.15, -0.1) is 0 Å². The zero-order valence-corrected chi connectivity index (χ0v) is 23.5. The van der Waals surface area contributed by atoms with Crippen molar-refractivity contribution < 1.29 is 22.7 Å². The van der Waals surface area contributed by atoms with Gasteiger partial charge in [0.15, 0.2) is 5.57 Å². The minimum absolute atomic E-state index is 0.00574. The van der Waals surface area contributed by atoms with Crippen molar-refractivity contribution in [3.8, 4) is 5.69 Å². The molecule has 7 nitrogen and oxygen atoms in total. The van der Waals surface area contributed by atoms with Gasteiger partial charge in [0.2, 0.25) is 0 Å². The number of anilines is 1. The van der Waals surface area contributed by atoms with Crippen LogP contribution in [-0.2, 0) is 22.7 Å². The summed E-state index contributed by atoms with van der Waals surface area (Å²) in [5, 5.41) is 3.13. The van der Waals surface area contributed by atoms with Gasteiger partial charge in [-0.3, -0.25) is 18.7 Å². The summed E-state index contributed by atoms with van der Waals surface area (Å²) in [7, 11) is 0. The number of aromatic nitrogens is 2. The fourth-order valence-electron chi connectivity index (χ4n) is 4.92. The molecule has 1 unspecified atom stereocenters. The van der Waals surface area contributed by atoms with Gasteiger partial charge in [0.25, 0.3) is 5.91 Å². The molecule has 208 valence electrons. The fraction of sp³-hybridized carbons (Fsp3) is 0.385. The number of morpholine rings is 1. The number of carbonyl (C=O) groups excluding carboxylic acids is 1. The summed E-state index contributed by atoms with van der Waals surface area (Å²) in [6.45, 7) is 4.05. The number of carbonyl (C=O) groups is 1. The summed E-state index contributed by atoms with van der Waals surface area (Å²) in [5.41, 5.74) is 0.356. The van der Waals surface area contributed by atoms with E-state index in [2.05, 4.69) is 14.7 Å². The Balaban J connectivity index is 1.60. The lowest BCUT2D eigenvalue weighted by molar-refractivity contribution is -0.137. The second-order valence-electron chi connectivity index (χ2n) is 9.41. The Bertz CT molecular complexity index is 1350. The lowest BCUT2D eigenvalue weighted by atomic mass is 10.1. The molecule has 1 atom stereocenters. The van der Waals surface area contributed by atoms with Crippen molar-refractivity contribution in [3.63, 3.8) is 0 Å². The summed E-state index contributed by atoms with van der Waals surface area (Å²) >= 11 is 12.4. The molecule has 2 aromatic carbocycles. The van der Waals surface area contributed by atoms with Crippen LogP contribution in [0, 0.1) is 0 Å². The van der Waals surface area contributed by atoms with E-state index < -0.39 is 24.0 Å². The van der Waals surface area contributed by atoms with E-state index in [1.54, 1.807) is 29.1 Å². The predicted octanol–water partition coefficient (Wildman–Crippen LogP) is 5.55. The van der Waals surface area contributed by atoms with Crippen molar-refractivity contribution >= 4 is 46.9 Å². The third-order valence-electron chi connectivity index (χ3n) is 6.91. The number of benzene rings is 2. The molecule has 3 heterocycles. The van der Waals surface area contributed by atoms with Gasteiger partial charge in [-0.25, -0.2) is 4.98 Å². The molecule has 0 aliphatic carbocycles. The molecule has 1 aromatic heterocycles. The number of halogens is 4. The van der Waals surface area contributed by atoms with Gasteiger partial charge in [-0.1, -0.05) is 29.8 Å². The van der Waals surface area contributed by atoms with Crippen LogP contribution in [0.1, 0.15) is 35.2 Å². The molecule has 0 spiro atoms. The highest BCUT2D eigenvalue weighted by atomic mass is 35.5. The molecule has 0 saturated carbocycles. The maximum atomic E-state index is 13.7. The van der Waals surface area contributed by atoms with E-state index in [1.165, 1.54) is 18.2 Å². The van der Waals surface area contributed by atoms with E-state index in [9.17, 15) is 18.0 Å². The van der Waals surface area contributed by atoms with Crippen molar-refractivity contribution in [2.45, 2.75) is 25.4 Å². The molecule has 0 radical (unpaired) electrons. The van der Waals surface area contributed by atoms with E-state index in [0.717, 1.165) is 44.5 Å². The Labute approximate surface area is 235 Å². The van der Waals surface area contributed by atoms with Crippen LogP contribution in [0.5, 0.6) is 0 Å². The number of alkyl halides is 3. The summed E-state index contributed by atoms with van der Waals surface area (Å²) in [4.78, 5) is 17.8. The smallest absolute Gasteiger partial charge is 0.379 e. The van der Waals surface area contributed by atoms with Gasteiger partial charge < -0.3 is 10.1 Å². The van der Waals surface area contributed by atoms with Crippen LogP contribution in [0.2, 0.25) is 5.02 Å². The van der Waals surface area contributed by atoms with Crippen LogP contribution >= 0.6 is 17.9 Å². The molecule has 5 rings (SSSR count). The second-order valence-corrected chi connectivity index (χ2v) is 14.0. The highest BCUT2D eigenvalue weighted by Gasteiger charge is 2.40. The summed E-state index contributed by atoms with van der Waals surface area (Å²) in [6, 6.07) is 9.45. The summed E-state index contributed by atoms with van der Waals surface area (Å²) < 4.78 is 53.1. The molecule has 39 heavy (non-hydrogen) atoms. The Morgan fingerprint density at radius 3 is 2.33 bits per heavy atom. The van der Waals surface area contributed by atoms with E-state index >= 15 is 0 Å². The number of piperidine rings is 1. The molecule has 2 aliphatic rings. The molecule has 0 bridgehead atoms. The fourth-order valence-corrected chi connectivity index (χ4v) is 9.50. The first-order valence-electron chi connectivity index (χ1n) is 12.7. The zero-order valence-electron chi connectivity index (χ0n) is 21.0. The average Bonchev–Trinajstić information content (AvgIpc) is 3.44. The van der Waals surface area contributed by atoms with Gasteiger partial charge in [0, 0.05) is 49.2 Å². The predicted molar refractivity (Wildman–Crippen MR) is 150 cm³/mol. The standard InChI is InChI=1S/C26H28ClF3N5O2PS/c27-21-7-4-19(5-8-21)24(36)32-22-18-20(26(28,29)30)6-9-23(22)35-13-10-31-25(35)38(39,33-11-2-1-3-12-33)34-14-16-37-17-15-34/h4-10,13,18H,1-3,11-12,14-17H2,(H,32,36). The van der Waals surface area contributed by atoms with Crippen molar-refractivity contribution in [2.75, 3.05) is 44.7 Å². The van der Waals surface area contributed by atoms with Crippen LogP contribution in [0.15, 0.2) is 54.9 Å². The number of hydrogen-bond acceptors (Lipinski definition) is 4.